The predicted molar refractivity (Wildman–Crippen MR) is 44.3 cm³/mol. The van der Waals surface area contributed by atoms with Crippen molar-refractivity contribution in [1.82, 2.24) is 0 Å². The molecule has 0 spiro atoms. The number of hydrogen-bond acceptors (Lipinski definition) is 1. The molecular formula is CH24O11. The van der Waals surface area contributed by atoms with Gasteiger partial charge in [0.15, 0.2) is 0 Å². The Morgan fingerprint density at radius 1 is 0.333 bits per heavy atom. The molecule has 11 nitrogen and oxygen atoms in total. The van der Waals surface area contributed by atoms with E-state index in [2.05, 4.69) is 0 Å². The van der Waals surface area contributed by atoms with Crippen LogP contribution in [0, 0.1) is 0 Å². The third kappa shape index (κ3) is 3620. The van der Waals surface area contributed by atoms with E-state index in [1.54, 1.807) is 0 Å². The van der Waals surface area contributed by atoms with Gasteiger partial charge < -0.3 is 59.9 Å². The van der Waals surface area contributed by atoms with Crippen LogP contribution in [0.1, 0.15) is 0 Å². The van der Waals surface area contributed by atoms with Gasteiger partial charge in [-0.15, -0.1) is 0 Å². The highest BCUT2D eigenvalue weighted by atomic mass is 16.2. The zero-order valence-corrected chi connectivity index (χ0v) is 6.45. The fourth-order valence-corrected chi connectivity index (χ4v) is 0. The Balaban J connectivity index is -0.000000000111. The van der Waals surface area contributed by atoms with E-state index in [0.717, 1.165) is 7.11 Å². The van der Waals surface area contributed by atoms with Gasteiger partial charge in [-0.1, -0.05) is 0 Å². The maximum atomic E-state index is 7.00. The first-order valence-corrected chi connectivity index (χ1v) is 0.447. The first-order chi connectivity index (χ1) is 1.00. The first kappa shape index (κ1) is 4110. The lowest BCUT2D eigenvalue weighted by Gasteiger charge is -1.21. The summed E-state index contributed by atoms with van der Waals surface area (Å²) in [6, 6.07) is 0. The quantitative estimate of drug-likeness (QED) is 0.401. The van der Waals surface area contributed by atoms with E-state index in [0.29, 0.717) is 0 Å². The molecular weight excluding hydrogens is 188 g/mol. The minimum atomic E-state index is 0. The molecule has 12 heavy (non-hydrogen) atoms. The Morgan fingerprint density at radius 3 is 0.333 bits per heavy atom. The summed E-state index contributed by atoms with van der Waals surface area (Å²) in [5, 5.41) is 7.00. The number of aliphatic hydroxyl groups excluding tert-OH is 1. The van der Waals surface area contributed by atoms with Crippen molar-refractivity contribution in [2.75, 3.05) is 7.11 Å². The van der Waals surface area contributed by atoms with Crippen molar-refractivity contribution in [1.29, 1.82) is 0 Å². The van der Waals surface area contributed by atoms with E-state index in [9.17, 15) is 0 Å². The van der Waals surface area contributed by atoms with Crippen LogP contribution in [0.4, 0.5) is 0 Å². The second-order valence-corrected chi connectivity index (χ2v) is 0. The van der Waals surface area contributed by atoms with Crippen LogP contribution in [0.5, 0.6) is 0 Å². The van der Waals surface area contributed by atoms with Crippen molar-refractivity contribution in [3.8, 4) is 0 Å². The SMILES string of the molecule is CO.O.O.O.O.O.O.O.O.O.O. The van der Waals surface area contributed by atoms with Crippen LogP contribution in [0.25, 0.3) is 0 Å². The van der Waals surface area contributed by atoms with Crippen LogP contribution in [0.2, 0.25) is 0 Å². The molecule has 0 aromatic heterocycles. The van der Waals surface area contributed by atoms with Crippen molar-refractivity contribution in [3.63, 3.8) is 0 Å². The molecule has 0 amide bonds. The molecule has 0 aliphatic rings. The molecule has 21 N–H and O–H groups in total. The molecule has 0 fully saturated rings. The van der Waals surface area contributed by atoms with E-state index in [4.69, 9.17) is 5.11 Å². The summed E-state index contributed by atoms with van der Waals surface area (Å²) in [6.07, 6.45) is 0. The van der Waals surface area contributed by atoms with E-state index >= 15 is 0 Å². The molecule has 0 saturated heterocycles. The van der Waals surface area contributed by atoms with Gasteiger partial charge in [-0.2, -0.15) is 0 Å². The fraction of sp³-hybridized carbons (Fsp3) is 1.00. The Labute approximate surface area is 68.3 Å². The lowest BCUT2D eigenvalue weighted by molar-refractivity contribution is 0.399. The summed E-state index contributed by atoms with van der Waals surface area (Å²) in [6.45, 7) is 0. The van der Waals surface area contributed by atoms with Gasteiger partial charge in [-0.05, 0) is 0 Å². The minimum absolute atomic E-state index is 0. The number of aliphatic hydroxyl groups is 1. The van der Waals surface area contributed by atoms with Gasteiger partial charge in [0.1, 0.15) is 0 Å². The molecule has 0 aromatic rings. The molecule has 94 valence electrons. The van der Waals surface area contributed by atoms with Gasteiger partial charge in [0, 0.05) is 7.11 Å². The molecule has 11 heteroatoms. The third-order valence-corrected chi connectivity index (χ3v) is 0. The molecule has 0 aliphatic heterocycles. The van der Waals surface area contributed by atoms with E-state index in [1.807, 2.05) is 0 Å². The Hall–Kier alpha value is -0.440. The van der Waals surface area contributed by atoms with Crippen LogP contribution in [-0.2, 0) is 0 Å². The number of rotatable bonds is 0. The topological polar surface area (TPSA) is 335 Å². The monoisotopic (exact) mass is 212 g/mol. The maximum absolute atomic E-state index is 7.00. The van der Waals surface area contributed by atoms with Gasteiger partial charge >= 0.3 is 0 Å². The van der Waals surface area contributed by atoms with Crippen LogP contribution >= 0.6 is 0 Å². The zero-order valence-electron chi connectivity index (χ0n) is 6.45. The highest BCUT2D eigenvalue weighted by Crippen LogP contribution is 0.755. The van der Waals surface area contributed by atoms with Gasteiger partial charge in [-0.25, -0.2) is 0 Å². The van der Waals surface area contributed by atoms with Crippen molar-refractivity contribution in [2.24, 2.45) is 0 Å². The second kappa shape index (κ2) is 4990. The van der Waals surface area contributed by atoms with Crippen molar-refractivity contribution in [3.05, 3.63) is 0 Å². The summed E-state index contributed by atoms with van der Waals surface area (Å²) in [7, 11) is 1.00. The van der Waals surface area contributed by atoms with E-state index < -0.39 is 0 Å². The minimum Gasteiger partial charge on any atom is -0.412 e. The molecule has 0 radical (unpaired) electrons. The lowest BCUT2D eigenvalue weighted by atomic mass is 11.8. The van der Waals surface area contributed by atoms with E-state index in [1.165, 1.54) is 0 Å². The smallest absolute Gasteiger partial charge is 0.0319 e. The van der Waals surface area contributed by atoms with E-state index in [-0.39, 0.29) is 54.8 Å². The molecule has 0 rings (SSSR count). The average molecular weight is 212 g/mol. The summed E-state index contributed by atoms with van der Waals surface area (Å²) in [5.74, 6) is 0. The van der Waals surface area contributed by atoms with Crippen LogP contribution in [0.15, 0.2) is 0 Å². The molecule has 0 saturated carbocycles. The van der Waals surface area contributed by atoms with Gasteiger partial charge in [-0.3, -0.25) is 0 Å². The normalized spacial score (nSPS) is 0.500. The summed E-state index contributed by atoms with van der Waals surface area (Å²) in [5.41, 5.74) is 0. The van der Waals surface area contributed by atoms with Crippen LogP contribution in [0.3, 0.4) is 0 Å². The Bertz CT molecular complexity index is 4.97. The molecule has 0 atom stereocenters. The van der Waals surface area contributed by atoms with Crippen LogP contribution in [-0.4, -0.2) is 67.0 Å². The first-order valence-electron chi connectivity index (χ1n) is 0.447. The Kier molecular flexibility index (Phi) is 1710000. The second-order valence-electron chi connectivity index (χ2n) is 0. The molecule has 0 aliphatic carbocycles. The third-order valence-electron chi connectivity index (χ3n) is 0. The molecule has 0 heterocycles. The fourth-order valence-electron chi connectivity index (χ4n) is 0. The predicted octanol–water partition coefficient (Wildman–Crippen LogP) is -8.64. The summed E-state index contributed by atoms with van der Waals surface area (Å²) in [4.78, 5) is 0. The van der Waals surface area contributed by atoms with Crippen molar-refractivity contribution < 1.29 is 59.9 Å². The maximum Gasteiger partial charge on any atom is 0.0319 e. The summed E-state index contributed by atoms with van der Waals surface area (Å²) >= 11 is 0. The van der Waals surface area contributed by atoms with Crippen molar-refractivity contribution in [2.45, 2.75) is 0 Å². The van der Waals surface area contributed by atoms with Gasteiger partial charge in [0.25, 0.3) is 0 Å². The number of hydrogen-bond donors (Lipinski definition) is 1. The Morgan fingerprint density at radius 2 is 0.333 bits per heavy atom. The molecule has 0 unspecified atom stereocenters. The van der Waals surface area contributed by atoms with Crippen LogP contribution < -0.4 is 0 Å². The average Bonchev–Trinajstić information content (AvgIpc) is 1.00. The van der Waals surface area contributed by atoms with Crippen molar-refractivity contribution >= 4 is 0 Å². The highest BCUT2D eigenvalue weighted by molar-refractivity contribution is 3.18. The largest absolute Gasteiger partial charge is 0.412 e. The van der Waals surface area contributed by atoms with Gasteiger partial charge in [0.2, 0.25) is 0 Å². The molecule has 0 aromatic carbocycles. The summed E-state index contributed by atoms with van der Waals surface area (Å²) < 4.78 is 0. The lowest BCUT2D eigenvalue weighted by Crippen LogP contribution is -1.25. The zero-order chi connectivity index (χ0) is 2.00. The highest BCUT2D eigenvalue weighted by Gasteiger charge is 0.839. The molecule has 0 bridgehead atoms. The van der Waals surface area contributed by atoms with Gasteiger partial charge in [0.05, 0.1) is 0 Å². The standard InChI is InChI=1S/CH4O.10H2O/c1-2;;;;;;;;;;/h2H,1H3;10*1H2.